The van der Waals surface area contributed by atoms with E-state index in [9.17, 15) is 9.59 Å². The minimum atomic E-state index is -0.953. The minimum Gasteiger partial charge on any atom is -0.478 e. The fourth-order valence-electron chi connectivity index (χ4n) is 3.16. The van der Waals surface area contributed by atoms with Crippen LogP contribution in [0.5, 0.6) is 0 Å². The van der Waals surface area contributed by atoms with Crippen molar-refractivity contribution in [2.75, 3.05) is 18.0 Å². The molecular formula is C14H17N3O3. The third-order valence-corrected chi connectivity index (χ3v) is 4.08. The maximum Gasteiger partial charge on any atom is 0.335 e. The van der Waals surface area contributed by atoms with Gasteiger partial charge in [0.05, 0.1) is 17.5 Å². The topological polar surface area (TPSA) is 82.5 Å². The summed E-state index contributed by atoms with van der Waals surface area (Å²) < 4.78 is 0. The standard InChI is InChI=1S/C14H17N3O3/c1-8-5-9(14(19)20)6-12(16-8)17-4-2-3-10-11(17)7-15-13(10)18/h5-6,10-11H,2-4,7H2,1H3,(H,15,18)(H,19,20). The Balaban J connectivity index is 1.95. The maximum atomic E-state index is 11.8. The zero-order chi connectivity index (χ0) is 14.3. The molecule has 1 amide bonds. The molecule has 1 aromatic rings. The fraction of sp³-hybridized carbons (Fsp3) is 0.500. The first-order valence-corrected chi connectivity index (χ1v) is 6.82. The third-order valence-electron chi connectivity index (χ3n) is 4.08. The summed E-state index contributed by atoms with van der Waals surface area (Å²) in [5, 5.41) is 12.0. The first-order chi connectivity index (χ1) is 9.56. The molecule has 3 heterocycles. The van der Waals surface area contributed by atoms with Crippen molar-refractivity contribution in [3.05, 3.63) is 23.4 Å². The second kappa shape index (κ2) is 4.77. The van der Waals surface area contributed by atoms with Gasteiger partial charge in [-0.25, -0.2) is 9.78 Å². The minimum absolute atomic E-state index is 0.000611. The van der Waals surface area contributed by atoms with Crippen molar-refractivity contribution in [1.82, 2.24) is 10.3 Å². The van der Waals surface area contributed by atoms with Crippen molar-refractivity contribution >= 4 is 17.7 Å². The van der Waals surface area contributed by atoms with Crippen LogP contribution in [-0.2, 0) is 4.79 Å². The Kier molecular flexibility index (Phi) is 3.08. The van der Waals surface area contributed by atoms with Crippen LogP contribution < -0.4 is 10.2 Å². The van der Waals surface area contributed by atoms with Gasteiger partial charge in [0.1, 0.15) is 5.82 Å². The fourth-order valence-corrected chi connectivity index (χ4v) is 3.16. The summed E-state index contributed by atoms with van der Waals surface area (Å²) in [7, 11) is 0. The van der Waals surface area contributed by atoms with Gasteiger partial charge < -0.3 is 15.3 Å². The zero-order valence-electron chi connectivity index (χ0n) is 11.3. The average Bonchev–Trinajstić information content (AvgIpc) is 2.80. The van der Waals surface area contributed by atoms with Crippen LogP contribution in [0.25, 0.3) is 0 Å². The summed E-state index contributed by atoms with van der Waals surface area (Å²) in [4.78, 5) is 29.5. The van der Waals surface area contributed by atoms with Crippen molar-refractivity contribution in [3.63, 3.8) is 0 Å². The molecule has 20 heavy (non-hydrogen) atoms. The van der Waals surface area contributed by atoms with Gasteiger partial charge in [-0.2, -0.15) is 0 Å². The van der Waals surface area contributed by atoms with Crippen LogP contribution in [0.2, 0.25) is 0 Å². The molecule has 2 unspecified atom stereocenters. The molecule has 106 valence electrons. The maximum absolute atomic E-state index is 11.8. The Morgan fingerprint density at radius 1 is 1.50 bits per heavy atom. The molecular weight excluding hydrogens is 258 g/mol. The third kappa shape index (κ3) is 2.11. The normalized spacial score (nSPS) is 25.2. The van der Waals surface area contributed by atoms with Crippen molar-refractivity contribution in [2.24, 2.45) is 5.92 Å². The summed E-state index contributed by atoms with van der Waals surface area (Å²) in [6, 6.07) is 3.25. The molecule has 2 atom stereocenters. The van der Waals surface area contributed by atoms with Gasteiger partial charge in [0, 0.05) is 18.8 Å². The lowest BCUT2D eigenvalue weighted by molar-refractivity contribution is -0.123. The van der Waals surface area contributed by atoms with E-state index in [-0.39, 0.29) is 23.4 Å². The van der Waals surface area contributed by atoms with Crippen LogP contribution in [-0.4, -0.2) is 41.1 Å². The van der Waals surface area contributed by atoms with E-state index in [4.69, 9.17) is 5.11 Å². The van der Waals surface area contributed by atoms with E-state index in [1.165, 1.54) is 0 Å². The number of hydrogen-bond donors (Lipinski definition) is 2. The van der Waals surface area contributed by atoms with Gasteiger partial charge in [0.15, 0.2) is 0 Å². The number of rotatable bonds is 2. The molecule has 0 aromatic carbocycles. The first-order valence-electron chi connectivity index (χ1n) is 6.82. The van der Waals surface area contributed by atoms with Crippen LogP contribution in [0.1, 0.15) is 28.9 Å². The van der Waals surface area contributed by atoms with Crippen molar-refractivity contribution < 1.29 is 14.7 Å². The summed E-state index contributed by atoms with van der Waals surface area (Å²) in [6.45, 7) is 3.21. The molecule has 0 spiro atoms. The molecule has 3 rings (SSSR count). The average molecular weight is 275 g/mol. The summed E-state index contributed by atoms with van der Waals surface area (Å²) in [5.41, 5.74) is 0.922. The lowest BCUT2D eigenvalue weighted by Crippen LogP contribution is -2.46. The number of piperidine rings is 1. The zero-order valence-corrected chi connectivity index (χ0v) is 11.3. The number of pyridine rings is 1. The first kappa shape index (κ1) is 12.9. The molecule has 1 aromatic heterocycles. The molecule has 2 aliphatic heterocycles. The van der Waals surface area contributed by atoms with E-state index >= 15 is 0 Å². The number of fused-ring (bicyclic) bond motifs is 1. The van der Waals surface area contributed by atoms with Crippen LogP contribution in [0.15, 0.2) is 12.1 Å². The number of aryl methyl sites for hydroxylation is 1. The number of nitrogens with one attached hydrogen (secondary N) is 1. The number of anilines is 1. The Hall–Kier alpha value is -2.11. The van der Waals surface area contributed by atoms with Gasteiger partial charge in [0.2, 0.25) is 5.91 Å². The number of carboxylic acids is 1. The predicted octanol–water partition coefficient (Wildman–Crippen LogP) is 0.803. The summed E-state index contributed by atoms with van der Waals surface area (Å²) in [5.74, 6) is -0.190. The Morgan fingerprint density at radius 3 is 3.05 bits per heavy atom. The van der Waals surface area contributed by atoms with E-state index in [2.05, 4.69) is 15.2 Å². The summed E-state index contributed by atoms with van der Waals surface area (Å²) >= 11 is 0. The van der Waals surface area contributed by atoms with Gasteiger partial charge >= 0.3 is 5.97 Å². The SMILES string of the molecule is Cc1cc(C(=O)O)cc(N2CCCC3C(=O)NCC32)n1. The highest BCUT2D eigenvalue weighted by molar-refractivity contribution is 5.89. The van der Waals surface area contributed by atoms with Gasteiger partial charge in [-0.3, -0.25) is 4.79 Å². The largest absolute Gasteiger partial charge is 0.478 e. The molecule has 0 aliphatic carbocycles. The number of amides is 1. The van der Waals surface area contributed by atoms with E-state index in [1.54, 1.807) is 19.1 Å². The number of carboxylic acid groups (broad SMARTS) is 1. The molecule has 0 bridgehead atoms. The van der Waals surface area contributed by atoms with Crippen LogP contribution in [0.3, 0.4) is 0 Å². The second-order valence-corrected chi connectivity index (χ2v) is 5.42. The molecule has 2 fully saturated rings. The van der Waals surface area contributed by atoms with Gasteiger partial charge in [-0.1, -0.05) is 0 Å². The molecule has 2 aliphatic rings. The van der Waals surface area contributed by atoms with E-state index in [0.29, 0.717) is 18.1 Å². The molecule has 2 saturated heterocycles. The van der Waals surface area contributed by atoms with Crippen molar-refractivity contribution in [3.8, 4) is 0 Å². The van der Waals surface area contributed by atoms with Crippen molar-refractivity contribution in [1.29, 1.82) is 0 Å². The molecule has 0 saturated carbocycles. The number of nitrogens with zero attached hydrogens (tertiary/aromatic N) is 2. The van der Waals surface area contributed by atoms with Crippen LogP contribution in [0, 0.1) is 12.8 Å². The highest BCUT2D eigenvalue weighted by atomic mass is 16.4. The smallest absolute Gasteiger partial charge is 0.335 e. The molecule has 2 N–H and O–H groups in total. The van der Waals surface area contributed by atoms with E-state index < -0.39 is 5.97 Å². The highest BCUT2D eigenvalue weighted by Crippen LogP contribution is 2.31. The quantitative estimate of drug-likeness (QED) is 0.834. The number of carbonyl (C=O) groups excluding carboxylic acids is 1. The second-order valence-electron chi connectivity index (χ2n) is 5.42. The number of hydrogen-bond acceptors (Lipinski definition) is 4. The predicted molar refractivity (Wildman–Crippen MR) is 72.8 cm³/mol. The van der Waals surface area contributed by atoms with Gasteiger partial charge in [-0.05, 0) is 31.9 Å². The molecule has 6 heteroatoms. The highest BCUT2D eigenvalue weighted by Gasteiger charge is 2.41. The van der Waals surface area contributed by atoms with Crippen LogP contribution in [0.4, 0.5) is 5.82 Å². The van der Waals surface area contributed by atoms with Gasteiger partial charge in [0.25, 0.3) is 0 Å². The number of aromatic nitrogens is 1. The monoisotopic (exact) mass is 275 g/mol. The molecule has 0 radical (unpaired) electrons. The van der Waals surface area contributed by atoms with Crippen LogP contribution >= 0.6 is 0 Å². The van der Waals surface area contributed by atoms with E-state index in [0.717, 1.165) is 19.4 Å². The van der Waals surface area contributed by atoms with Gasteiger partial charge in [-0.15, -0.1) is 0 Å². The van der Waals surface area contributed by atoms with Crippen molar-refractivity contribution in [2.45, 2.75) is 25.8 Å². The number of aromatic carboxylic acids is 1. The summed E-state index contributed by atoms with van der Waals surface area (Å²) in [6.07, 6.45) is 1.82. The Morgan fingerprint density at radius 2 is 2.30 bits per heavy atom. The Labute approximate surface area is 116 Å². The lowest BCUT2D eigenvalue weighted by atomic mass is 9.91. The Bertz CT molecular complexity index is 573. The lowest BCUT2D eigenvalue weighted by Gasteiger charge is -2.37. The van der Waals surface area contributed by atoms with E-state index in [1.807, 2.05) is 0 Å². The number of carbonyl (C=O) groups is 2. The molecule has 6 nitrogen and oxygen atoms in total.